The van der Waals surface area contributed by atoms with Crippen LogP contribution in [0.4, 0.5) is 0 Å². The van der Waals surface area contributed by atoms with E-state index in [1.807, 2.05) is 6.92 Å². The minimum atomic E-state index is -1.32. The lowest BCUT2D eigenvalue weighted by molar-refractivity contribution is 0.507. The minimum absolute atomic E-state index is 0.0569. The highest BCUT2D eigenvalue weighted by Gasteiger charge is 2.27. The number of aromatic nitrogens is 5. The third-order valence-electron chi connectivity index (χ3n) is 4.87. The molecule has 3 aromatic rings. The Morgan fingerprint density at radius 3 is 2.62 bits per heavy atom. The molecule has 0 aliphatic heterocycles. The lowest BCUT2D eigenvalue weighted by Gasteiger charge is -2.19. The van der Waals surface area contributed by atoms with Crippen LogP contribution in [0, 0.1) is 13.8 Å². The zero-order chi connectivity index (χ0) is 18.4. The quantitative estimate of drug-likeness (QED) is 0.512. The Balaban J connectivity index is 2.08. The van der Waals surface area contributed by atoms with Gasteiger partial charge >= 0.3 is 5.16 Å². The van der Waals surface area contributed by atoms with Gasteiger partial charge in [-0.15, -0.1) is 10.2 Å². The van der Waals surface area contributed by atoms with Gasteiger partial charge in [-0.1, -0.05) is 12.8 Å². The van der Waals surface area contributed by atoms with E-state index >= 15 is 0 Å². The maximum Gasteiger partial charge on any atom is 0.344 e. The summed E-state index contributed by atoms with van der Waals surface area (Å²) in [6, 6.07) is 0.0569. The summed E-state index contributed by atoms with van der Waals surface area (Å²) in [5.74, 6) is 0.612. The second-order valence-corrected chi connectivity index (χ2v) is 7.86. The fourth-order valence-corrected chi connectivity index (χ4v) is 4.02. The maximum absolute atomic E-state index is 13.4. The highest BCUT2D eigenvalue weighted by Crippen LogP contribution is 2.33. The topological polar surface area (TPSA) is 110 Å². The minimum Gasteiger partial charge on any atom is -0.609 e. The van der Waals surface area contributed by atoms with E-state index in [0.717, 1.165) is 31.1 Å². The molecule has 0 saturated heterocycles. The first-order chi connectivity index (χ1) is 12.5. The molecule has 0 spiro atoms. The standard InChI is InChI=1S/C17H19N5O3S/c1-9-12-8-18-17(26(3)24)19-14(12)22(11-6-4-5-7-11)16(23)13(9)15-21-20-10(2)25-15/h8,11H,4-7H2,1-3H3. The number of aryl methyl sites for hydroxylation is 2. The van der Waals surface area contributed by atoms with Crippen molar-refractivity contribution in [1.29, 1.82) is 0 Å². The van der Waals surface area contributed by atoms with E-state index < -0.39 is 11.2 Å². The predicted octanol–water partition coefficient (Wildman–Crippen LogP) is 2.31. The van der Waals surface area contributed by atoms with E-state index in [2.05, 4.69) is 20.2 Å². The Morgan fingerprint density at radius 2 is 2.00 bits per heavy atom. The first-order valence-electron chi connectivity index (χ1n) is 8.53. The Bertz CT molecular complexity index is 1040. The normalized spacial score (nSPS) is 16.5. The molecular formula is C17H19N5O3S. The molecule has 1 aliphatic rings. The molecule has 1 aliphatic carbocycles. The van der Waals surface area contributed by atoms with Gasteiger partial charge in [-0.2, -0.15) is 9.97 Å². The molecule has 136 valence electrons. The molecule has 3 heterocycles. The van der Waals surface area contributed by atoms with E-state index in [-0.39, 0.29) is 22.6 Å². The van der Waals surface area contributed by atoms with Crippen LogP contribution in [0.25, 0.3) is 22.5 Å². The van der Waals surface area contributed by atoms with Crippen molar-refractivity contribution < 1.29 is 8.97 Å². The summed E-state index contributed by atoms with van der Waals surface area (Å²) >= 11 is -1.32. The fraction of sp³-hybridized carbons (Fsp3) is 0.471. The Kier molecular flexibility index (Phi) is 4.28. The van der Waals surface area contributed by atoms with Crippen LogP contribution >= 0.6 is 0 Å². The molecule has 1 saturated carbocycles. The van der Waals surface area contributed by atoms with Crippen molar-refractivity contribution in [3.63, 3.8) is 0 Å². The van der Waals surface area contributed by atoms with Gasteiger partial charge in [0.25, 0.3) is 11.4 Å². The van der Waals surface area contributed by atoms with Crippen molar-refractivity contribution >= 4 is 22.2 Å². The van der Waals surface area contributed by atoms with E-state index in [1.54, 1.807) is 17.7 Å². The summed E-state index contributed by atoms with van der Waals surface area (Å²) in [5.41, 5.74) is 1.41. The van der Waals surface area contributed by atoms with Crippen molar-refractivity contribution in [3.05, 3.63) is 28.0 Å². The van der Waals surface area contributed by atoms with Crippen molar-refractivity contribution in [2.45, 2.75) is 50.7 Å². The third-order valence-corrected chi connectivity index (χ3v) is 5.58. The van der Waals surface area contributed by atoms with Gasteiger partial charge < -0.3 is 8.97 Å². The van der Waals surface area contributed by atoms with Crippen LogP contribution in [0.2, 0.25) is 0 Å². The molecule has 0 aromatic carbocycles. The van der Waals surface area contributed by atoms with Gasteiger partial charge in [-0.3, -0.25) is 9.36 Å². The number of rotatable bonds is 3. The molecule has 0 bridgehead atoms. The van der Waals surface area contributed by atoms with Crippen molar-refractivity contribution in [3.8, 4) is 11.5 Å². The molecule has 3 aromatic heterocycles. The van der Waals surface area contributed by atoms with Crippen LogP contribution in [0.15, 0.2) is 20.6 Å². The zero-order valence-corrected chi connectivity index (χ0v) is 15.7. The van der Waals surface area contributed by atoms with Crippen LogP contribution in [0.3, 0.4) is 0 Å². The zero-order valence-electron chi connectivity index (χ0n) is 14.9. The average molecular weight is 373 g/mol. The second-order valence-electron chi connectivity index (χ2n) is 6.58. The average Bonchev–Trinajstić information content (AvgIpc) is 3.27. The molecule has 26 heavy (non-hydrogen) atoms. The molecule has 8 nitrogen and oxygen atoms in total. The number of hydrogen-bond donors (Lipinski definition) is 0. The molecule has 9 heteroatoms. The molecule has 0 amide bonds. The molecule has 4 rings (SSSR count). The summed E-state index contributed by atoms with van der Waals surface area (Å²) in [6.45, 7) is 3.51. The van der Waals surface area contributed by atoms with E-state index in [4.69, 9.17) is 4.42 Å². The SMILES string of the molecule is Cc1nnc(-c2c(C)c3cnc([S+](C)[O-])nc3n(C3CCCC3)c2=O)o1. The van der Waals surface area contributed by atoms with Crippen LogP contribution in [0.1, 0.15) is 43.2 Å². The van der Waals surface area contributed by atoms with E-state index in [9.17, 15) is 9.35 Å². The molecule has 0 N–H and O–H groups in total. The van der Waals surface area contributed by atoms with E-state index in [0.29, 0.717) is 22.7 Å². The molecular weight excluding hydrogens is 354 g/mol. The Labute approximate surface area is 152 Å². The largest absolute Gasteiger partial charge is 0.609 e. The molecule has 1 atom stereocenters. The third kappa shape index (κ3) is 2.71. The fourth-order valence-electron chi connectivity index (χ4n) is 3.61. The second kappa shape index (κ2) is 6.48. The van der Waals surface area contributed by atoms with Gasteiger partial charge in [0, 0.05) is 35.7 Å². The first-order valence-corrected chi connectivity index (χ1v) is 10.1. The lowest BCUT2D eigenvalue weighted by Crippen LogP contribution is -2.27. The van der Waals surface area contributed by atoms with Gasteiger partial charge in [0.15, 0.2) is 5.65 Å². The smallest absolute Gasteiger partial charge is 0.344 e. The first kappa shape index (κ1) is 17.2. The molecule has 1 fully saturated rings. The number of hydrogen-bond acceptors (Lipinski definition) is 7. The van der Waals surface area contributed by atoms with Crippen LogP contribution < -0.4 is 5.56 Å². The number of nitrogens with zero attached hydrogens (tertiary/aromatic N) is 5. The van der Waals surface area contributed by atoms with Gasteiger partial charge in [0.05, 0.1) is 0 Å². The van der Waals surface area contributed by atoms with Gasteiger partial charge in [0.1, 0.15) is 11.8 Å². The van der Waals surface area contributed by atoms with Gasteiger partial charge in [-0.05, 0) is 25.3 Å². The molecule has 0 radical (unpaired) electrons. The summed E-state index contributed by atoms with van der Waals surface area (Å²) in [4.78, 5) is 22.1. The molecule has 1 unspecified atom stereocenters. The monoisotopic (exact) mass is 373 g/mol. The highest BCUT2D eigenvalue weighted by molar-refractivity contribution is 7.90. The van der Waals surface area contributed by atoms with Crippen molar-refractivity contribution in [1.82, 2.24) is 24.7 Å². The lowest BCUT2D eigenvalue weighted by atomic mass is 10.1. The summed E-state index contributed by atoms with van der Waals surface area (Å²) in [6.07, 6.45) is 7.12. The van der Waals surface area contributed by atoms with E-state index in [1.165, 1.54) is 6.26 Å². The van der Waals surface area contributed by atoms with Crippen LogP contribution in [-0.4, -0.2) is 35.5 Å². The Morgan fingerprint density at radius 1 is 1.27 bits per heavy atom. The maximum atomic E-state index is 13.4. The van der Waals surface area contributed by atoms with Crippen LogP contribution in [0.5, 0.6) is 0 Å². The van der Waals surface area contributed by atoms with Crippen molar-refractivity contribution in [2.75, 3.05) is 6.26 Å². The summed E-state index contributed by atoms with van der Waals surface area (Å²) in [7, 11) is 0. The van der Waals surface area contributed by atoms with Gasteiger partial charge in [-0.25, -0.2) is 0 Å². The Hall–Kier alpha value is -2.26. The summed E-state index contributed by atoms with van der Waals surface area (Å²) < 4.78 is 19.1. The summed E-state index contributed by atoms with van der Waals surface area (Å²) in [5, 5.41) is 8.85. The number of pyridine rings is 1. The van der Waals surface area contributed by atoms with Crippen molar-refractivity contribution in [2.24, 2.45) is 0 Å². The number of fused-ring (bicyclic) bond motifs is 1. The van der Waals surface area contributed by atoms with Crippen LogP contribution in [-0.2, 0) is 11.2 Å². The highest BCUT2D eigenvalue weighted by atomic mass is 32.2. The predicted molar refractivity (Wildman–Crippen MR) is 96.4 cm³/mol. The van der Waals surface area contributed by atoms with Gasteiger partial charge in [0.2, 0.25) is 5.89 Å².